The van der Waals surface area contributed by atoms with E-state index in [1.807, 2.05) is 62.3 Å². The summed E-state index contributed by atoms with van der Waals surface area (Å²) in [6.45, 7) is 16.9. The maximum Gasteiger partial charge on any atom is 0.320 e. The Morgan fingerprint density at radius 3 is 1.19 bits per heavy atom. The minimum atomic E-state index is -0.535. The molecule has 0 radical (unpaired) electrons. The molecule has 0 unspecified atom stereocenters. The van der Waals surface area contributed by atoms with Crippen LogP contribution in [-0.4, -0.2) is 46.7 Å². The van der Waals surface area contributed by atoms with Crippen LogP contribution in [0.3, 0.4) is 0 Å². The van der Waals surface area contributed by atoms with Crippen molar-refractivity contribution in [3.63, 3.8) is 0 Å². The van der Waals surface area contributed by atoms with Crippen molar-refractivity contribution in [1.29, 1.82) is 0 Å². The van der Waals surface area contributed by atoms with Crippen LogP contribution in [0.15, 0.2) is 0 Å². The van der Waals surface area contributed by atoms with Crippen LogP contribution < -0.4 is 0 Å². The van der Waals surface area contributed by atoms with Crippen LogP contribution in [0.5, 0.6) is 0 Å². The fraction of sp³-hybridized carbons (Fsp3) is 0.875. The Kier molecular flexibility index (Phi) is 6.42. The zero-order valence-electron chi connectivity index (χ0n) is 15.0. The van der Waals surface area contributed by atoms with Gasteiger partial charge in [0.05, 0.1) is 13.1 Å². The fourth-order valence-electron chi connectivity index (χ4n) is 1.59. The van der Waals surface area contributed by atoms with Gasteiger partial charge < -0.3 is 9.47 Å². The predicted octanol–water partition coefficient (Wildman–Crippen LogP) is 2.77. The Morgan fingerprint density at radius 2 is 1.00 bits per heavy atom. The largest absolute Gasteiger partial charge is 0.459 e. The molecule has 0 atom stereocenters. The van der Waals surface area contributed by atoms with Crippen molar-refractivity contribution in [3.8, 4) is 0 Å². The van der Waals surface area contributed by atoms with E-state index in [-0.39, 0.29) is 30.6 Å². The normalized spacial score (nSPS) is 13.2. The Bertz CT molecular complexity index is 339. The Hall–Kier alpha value is -1.10. The van der Waals surface area contributed by atoms with Gasteiger partial charge in [-0.3, -0.25) is 14.5 Å². The lowest BCUT2D eigenvalue weighted by molar-refractivity contribution is -0.162. The molecule has 0 bridgehead atoms. The van der Waals surface area contributed by atoms with Crippen LogP contribution in [0.25, 0.3) is 0 Å². The molecule has 0 spiro atoms. The SMILES string of the molecule is CC(C)(C)OC(=O)CN(CC(=O)OC(C)(C)C)C(C)(C)C. The molecule has 0 N–H and O–H groups in total. The van der Waals surface area contributed by atoms with Crippen LogP contribution in [-0.2, 0) is 19.1 Å². The van der Waals surface area contributed by atoms with E-state index >= 15 is 0 Å². The van der Waals surface area contributed by atoms with E-state index < -0.39 is 11.2 Å². The number of rotatable bonds is 4. The number of ether oxygens (including phenoxy) is 2. The van der Waals surface area contributed by atoms with Gasteiger partial charge in [-0.15, -0.1) is 0 Å². The highest BCUT2D eigenvalue weighted by molar-refractivity contribution is 5.75. The van der Waals surface area contributed by atoms with E-state index in [1.165, 1.54) is 0 Å². The van der Waals surface area contributed by atoms with Gasteiger partial charge in [-0.1, -0.05) is 0 Å². The number of nitrogens with zero attached hydrogens (tertiary/aromatic N) is 1. The molecule has 0 rings (SSSR count). The van der Waals surface area contributed by atoms with Crippen molar-refractivity contribution < 1.29 is 19.1 Å². The quantitative estimate of drug-likeness (QED) is 0.747. The van der Waals surface area contributed by atoms with Gasteiger partial charge in [0.2, 0.25) is 0 Å². The second kappa shape index (κ2) is 6.77. The molecule has 5 heteroatoms. The summed E-state index contributed by atoms with van der Waals surface area (Å²) < 4.78 is 10.6. The third kappa shape index (κ3) is 10.3. The van der Waals surface area contributed by atoms with E-state index in [9.17, 15) is 9.59 Å². The number of hydrogen-bond donors (Lipinski definition) is 0. The van der Waals surface area contributed by atoms with E-state index in [2.05, 4.69) is 0 Å². The molecule has 0 aliphatic heterocycles. The van der Waals surface area contributed by atoms with Gasteiger partial charge in [0, 0.05) is 5.54 Å². The maximum absolute atomic E-state index is 12.0. The molecule has 124 valence electrons. The fourth-order valence-corrected chi connectivity index (χ4v) is 1.59. The van der Waals surface area contributed by atoms with Gasteiger partial charge in [0.1, 0.15) is 11.2 Å². The number of carbonyl (C=O) groups excluding carboxylic acids is 2. The summed E-state index contributed by atoms with van der Waals surface area (Å²) in [7, 11) is 0. The van der Waals surface area contributed by atoms with Crippen molar-refractivity contribution in [2.45, 2.75) is 79.1 Å². The molecule has 0 aliphatic carbocycles. The third-order valence-corrected chi connectivity index (χ3v) is 2.43. The average molecular weight is 301 g/mol. The van der Waals surface area contributed by atoms with Gasteiger partial charge >= 0.3 is 11.9 Å². The van der Waals surface area contributed by atoms with Gasteiger partial charge in [0.25, 0.3) is 0 Å². The monoisotopic (exact) mass is 301 g/mol. The molecule has 0 aromatic rings. The van der Waals surface area contributed by atoms with E-state index in [0.717, 1.165) is 0 Å². The maximum atomic E-state index is 12.0. The zero-order chi connectivity index (χ0) is 17.1. The zero-order valence-corrected chi connectivity index (χ0v) is 15.0. The van der Waals surface area contributed by atoms with Gasteiger partial charge in [-0.05, 0) is 62.3 Å². The Balaban J connectivity index is 4.77. The van der Waals surface area contributed by atoms with Crippen LogP contribution in [0.2, 0.25) is 0 Å². The minimum Gasteiger partial charge on any atom is -0.459 e. The molecular formula is C16H31NO4. The van der Waals surface area contributed by atoms with E-state index in [0.29, 0.717) is 0 Å². The molecule has 0 saturated carbocycles. The van der Waals surface area contributed by atoms with Crippen molar-refractivity contribution in [1.82, 2.24) is 4.90 Å². The van der Waals surface area contributed by atoms with Crippen molar-refractivity contribution in [3.05, 3.63) is 0 Å². The summed E-state index contributed by atoms with van der Waals surface area (Å²) in [4.78, 5) is 25.7. The van der Waals surface area contributed by atoms with Crippen molar-refractivity contribution >= 4 is 11.9 Å². The Labute approximate surface area is 129 Å². The molecule has 21 heavy (non-hydrogen) atoms. The van der Waals surface area contributed by atoms with Crippen molar-refractivity contribution in [2.75, 3.05) is 13.1 Å². The lowest BCUT2D eigenvalue weighted by atomic mass is 10.1. The smallest absolute Gasteiger partial charge is 0.320 e. The third-order valence-electron chi connectivity index (χ3n) is 2.43. The molecule has 0 aromatic carbocycles. The summed E-state index contributed by atoms with van der Waals surface area (Å²) in [6.07, 6.45) is 0. The van der Waals surface area contributed by atoms with Crippen LogP contribution in [0, 0.1) is 0 Å². The summed E-state index contributed by atoms with van der Waals surface area (Å²) in [6, 6.07) is 0. The highest BCUT2D eigenvalue weighted by atomic mass is 16.6. The first-order valence-corrected chi connectivity index (χ1v) is 7.29. The van der Waals surface area contributed by atoms with Gasteiger partial charge in [-0.25, -0.2) is 0 Å². The number of esters is 2. The highest BCUT2D eigenvalue weighted by Crippen LogP contribution is 2.16. The van der Waals surface area contributed by atoms with Crippen molar-refractivity contribution in [2.24, 2.45) is 0 Å². The summed E-state index contributed by atoms with van der Waals surface area (Å²) in [5, 5.41) is 0. The van der Waals surface area contributed by atoms with E-state index in [4.69, 9.17) is 9.47 Å². The minimum absolute atomic E-state index is 0.0556. The first kappa shape index (κ1) is 19.9. The molecular weight excluding hydrogens is 270 g/mol. The van der Waals surface area contributed by atoms with Gasteiger partial charge in [0.15, 0.2) is 0 Å². The molecule has 0 aliphatic rings. The highest BCUT2D eigenvalue weighted by Gasteiger charge is 2.29. The first-order chi connectivity index (χ1) is 9.10. The lowest BCUT2D eigenvalue weighted by Crippen LogP contribution is -2.49. The summed E-state index contributed by atoms with van der Waals surface area (Å²) in [5.74, 6) is -0.693. The molecule has 0 aromatic heterocycles. The molecule has 5 nitrogen and oxygen atoms in total. The molecule has 0 fully saturated rings. The molecule has 0 saturated heterocycles. The van der Waals surface area contributed by atoms with Crippen LogP contribution >= 0.6 is 0 Å². The topological polar surface area (TPSA) is 55.8 Å². The first-order valence-electron chi connectivity index (χ1n) is 7.29. The average Bonchev–Trinajstić information content (AvgIpc) is 2.07. The second-order valence-corrected chi connectivity index (χ2v) is 8.20. The predicted molar refractivity (Wildman–Crippen MR) is 83.0 cm³/mol. The van der Waals surface area contributed by atoms with Gasteiger partial charge in [-0.2, -0.15) is 0 Å². The Morgan fingerprint density at radius 1 is 0.714 bits per heavy atom. The summed E-state index contributed by atoms with van der Waals surface area (Å²) >= 11 is 0. The number of carbonyl (C=O) groups is 2. The van der Waals surface area contributed by atoms with E-state index in [1.54, 1.807) is 4.90 Å². The lowest BCUT2D eigenvalue weighted by Gasteiger charge is -2.35. The summed E-state index contributed by atoms with van der Waals surface area (Å²) in [5.41, 5.74) is -1.41. The second-order valence-electron chi connectivity index (χ2n) is 8.20. The molecule has 0 heterocycles. The molecule has 0 amide bonds. The van der Waals surface area contributed by atoms with Crippen LogP contribution in [0.1, 0.15) is 62.3 Å². The van der Waals surface area contributed by atoms with Crippen LogP contribution in [0.4, 0.5) is 0 Å². The number of hydrogen-bond acceptors (Lipinski definition) is 5. The standard InChI is InChI=1S/C16H31NO4/c1-14(2,3)17(10-12(18)20-15(4,5)6)11-13(19)21-16(7,8)9/h10-11H2,1-9H3.